The number of hydrogen-bond donors (Lipinski definition) is 1. The smallest absolute Gasteiger partial charge is 0.399 e. The number of halogens is 3. The minimum atomic E-state index is -4.41. The number of benzene rings is 1. The Hall–Kier alpha value is -1.21. The molecule has 0 saturated heterocycles. The highest BCUT2D eigenvalue weighted by Gasteiger charge is 2.34. The Morgan fingerprint density at radius 2 is 2.06 bits per heavy atom. The zero-order chi connectivity index (χ0) is 13.3. The van der Waals surface area contributed by atoms with Gasteiger partial charge >= 0.3 is 6.18 Å². The lowest BCUT2D eigenvalue weighted by Gasteiger charge is -2.12. The Bertz CT molecular complexity index is 564. The lowest BCUT2D eigenvalue weighted by molar-refractivity contribution is -0.139. The van der Waals surface area contributed by atoms with Gasteiger partial charge in [-0.25, -0.2) is 4.98 Å². The fraction of sp³-hybridized carbons (Fsp3) is 0.182. The highest BCUT2D eigenvalue weighted by molar-refractivity contribution is 8.01. The molecule has 7 heteroatoms. The lowest BCUT2D eigenvalue weighted by atomic mass is 10.2. The van der Waals surface area contributed by atoms with Crippen molar-refractivity contribution in [2.75, 3.05) is 5.73 Å². The number of nitrogens with two attached hydrogens (primary N) is 1. The van der Waals surface area contributed by atoms with E-state index in [1.54, 1.807) is 12.3 Å². The van der Waals surface area contributed by atoms with Crippen LogP contribution in [0.5, 0.6) is 0 Å². The van der Waals surface area contributed by atoms with Crippen LogP contribution in [0, 0.1) is 6.92 Å². The monoisotopic (exact) mass is 290 g/mol. The third-order valence-electron chi connectivity index (χ3n) is 2.10. The van der Waals surface area contributed by atoms with Gasteiger partial charge in [-0.05, 0) is 25.1 Å². The number of rotatable bonds is 2. The SMILES string of the molecule is Cc1csc(Sc2ccc(N)cc2C(F)(F)F)n1. The molecule has 0 atom stereocenters. The van der Waals surface area contributed by atoms with E-state index in [9.17, 15) is 13.2 Å². The zero-order valence-electron chi connectivity index (χ0n) is 9.28. The van der Waals surface area contributed by atoms with Gasteiger partial charge in [0.05, 0.1) is 5.56 Å². The van der Waals surface area contributed by atoms with Crippen molar-refractivity contribution in [1.82, 2.24) is 4.98 Å². The predicted molar refractivity (Wildman–Crippen MR) is 66.8 cm³/mol. The summed E-state index contributed by atoms with van der Waals surface area (Å²) < 4.78 is 39.1. The number of thiazole rings is 1. The Labute approximate surface area is 110 Å². The zero-order valence-corrected chi connectivity index (χ0v) is 10.9. The molecule has 2 rings (SSSR count). The molecule has 2 nitrogen and oxygen atoms in total. The molecule has 1 heterocycles. The second kappa shape index (κ2) is 4.81. The van der Waals surface area contributed by atoms with E-state index in [-0.39, 0.29) is 10.6 Å². The average molecular weight is 290 g/mol. The van der Waals surface area contributed by atoms with Crippen molar-refractivity contribution >= 4 is 28.8 Å². The first-order chi connectivity index (χ1) is 8.36. The first-order valence-electron chi connectivity index (χ1n) is 4.93. The molecule has 0 amide bonds. The standard InChI is InChI=1S/C11H9F3N2S2/c1-6-5-17-10(16-6)18-9-3-2-7(15)4-8(9)11(12,13)14/h2-5H,15H2,1H3. The summed E-state index contributed by atoms with van der Waals surface area (Å²) in [6.45, 7) is 1.80. The molecular weight excluding hydrogens is 281 g/mol. The predicted octanol–water partition coefficient (Wildman–Crippen LogP) is 4.20. The molecule has 0 unspecified atom stereocenters. The molecular formula is C11H9F3N2S2. The highest BCUT2D eigenvalue weighted by Crippen LogP contribution is 2.41. The van der Waals surface area contributed by atoms with Gasteiger partial charge in [0.15, 0.2) is 4.34 Å². The normalized spacial score (nSPS) is 11.8. The minimum absolute atomic E-state index is 0.0991. The largest absolute Gasteiger partial charge is 0.417 e. The molecule has 0 spiro atoms. The number of anilines is 1. The fourth-order valence-electron chi connectivity index (χ4n) is 1.33. The molecule has 0 aliphatic carbocycles. The van der Waals surface area contributed by atoms with Crippen LogP contribution in [0.25, 0.3) is 0 Å². The second-order valence-electron chi connectivity index (χ2n) is 3.61. The number of aromatic nitrogens is 1. The maximum Gasteiger partial charge on any atom is 0.417 e. The summed E-state index contributed by atoms with van der Waals surface area (Å²) in [6, 6.07) is 3.78. The first kappa shape index (κ1) is 13.2. The second-order valence-corrected chi connectivity index (χ2v) is 5.76. The van der Waals surface area contributed by atoms with Crippen molar-refractivity contribution in [3.8, 4) is 0 Å². The van der Waals surface area contributed by atoms with Gasteiger partial charge in [0.1, 0.15) is 0 Å². The molecule has 2 aromatic rings. The van der Waals surface area contributed by atoms with Crippen molar-refractivity contribution in [2.45, 2.75) is 22.3 Å². The summed E-state index contributed by atoms with van der Waals surface area (Å²) in [7, 11) is 0. The summed E-state index contributed by atoms with van der Waals surface area (Å²) >= 11 is 2.32. The molecule has 1 aromatic carbocycles. The molecule has 0 bridgehead atoms. The molecule has 0 saturated carbocycles. The van der Waals surface area contributed by atoms with Crippen LogP contribution in [-0.4, -0.2) is 4.98 Å². The topological polar surface area (TPSA) is 38.9 Å². The molecule has 0 fully saturated rings. The van der Waals surface area contributed by atoms with Crippen molar-refractivity contribution in [3.05, 3.63) is 34.8 Å². The number of aryl methyl sites for hydroxylation is 1. The van der Waals surface area contributed by atoms with E-state index < -0.39 is 11.7 Å². The summed E-state index contributed by atoms with van der Waals surface area (Å²) in [4.78, 5) is 4.25. The molecule has 0 aliphatic rings. The van der Waals surface area contributed by atoms with Gasteiger partial charge in [-0.2, -0.15) is 13.2 Å². The van der Waals surface area contributed by atoms with Crippen LogP contribution >= 0.6 is 23.1 Å². The third-order valence-corrected chi connectivity index (χ3v) is 4.24. The van der Waals surface area contributed by atoms with Crippen LogP contribution in [0.3, 0.4) is 0 Å². The van der Waals surface area contributed by atoms with E-state index >= 15 is 0 Å². The van der Waals surface area contributed by atoms with Gasteiger partial charge in [0.25, 0.3) is 0 Å². The Morgan fingerprint density at radius 3 is 2.61 bits per heavy atom. The molecule has 96 valence electrons. The first-order valence-corrected chi connectivity index (χ1v) is 6.62. The van der Waals surface area contributed by atoms with Crippen LogP contribution in [0.15, 0.2) is 32.8 Å². The van der Waals surface area contributed by atoms with Crippen molar-refractivity contribution < 1.29 is 13.2 Å². The third kappa shape index (κ3) is 2.97. The van der Waals surface area contributed by atoms with Gasteiger partial charge in [-0.15, -0.1) is 11.3 Å². The average Bonchev–Trinajstić information content (AvgIpc) is 2.65. The number of nitrogens with zero attached hydrogens (tertiary/aromatic N) is 1. The van der Waals surface area contributed by atoms with Crippen LogP contribution in [0.1, 0.15) is 11.3 Å². The van der Waals surface area contributed by atoms with E-state index in [4.69, 9.17) is 5.73 Å². The van der Waals surface area contributed by atoms with Gasteiger partial charge in [0.2, 0.25) is 0 Å². The summed E-state index contributed by atoms with van der Waals surface area (Å²) in [6.07, 6.45) is -4.41. The molecule has 0 aliphatic heterocycles. The van der Waals surface area contributed by atoms with E-state index in [0.29, 0.717) is 4.34 Å². The maximum absolute atomic E-state index is 12.9. The number of hydrogen-bond acceptors (Lipinski definition) is 4. The summed E-state index contributed by atoms with van der Waals surface area (Å²) in [5.74, 6) is 0. The van der Waals surface area contributed by atoms with Crippen LogP contribution < -0.4 is 5.73 Å². The van der Waals surface area contributed by atoms with Gasteiger partial charge in [-0.1, -0.05) is 11.8 Å². The molecule has 2 N–H and O–H groups in total. The Balaban J connectivity index is 2.38. The number of alkyl halides is 3. The van der Waals surface area contributed by atoms with Crippen molar-refractivity contribution in [3.63, 3.8) is 0 Å². The minimum Gasteiger partial charge on any atom is -0.399 e. The van der Waals surface area contributed by atoms with Crippen LogP contribution in [-0.2, 0) is 6.18 Å². The maximum atomic E-state index is 12.9. The van der Waals surface area contributed by atoms with Gasteiger partial charge in [0, 0.05) is 21.7 Å². The van der Waals surface area contributed by atoms with Crippen LogP contribution in [0.2, 0.25) is 0 Å². The lowest BCUT2D eigenvalue weighted by Crippen LogP contribution is -2.07. The van der Waals surface area contributed by atoms with E-state index in [1.165, 1.54) is 23.5 Å². The van der Waals surface area contributed by atoms with Crippen LogP contribution in [0.4, 0.5) is 18.9 Å². The number of nitrogen functional groups attached to an aromatic ring is 1. The quantitative estimate of drug-likeness (QED) is 0.842. The van der Waals surface area contributed by atoms with E-state index in [2.05, 4.69) is 4.98 Å². The highest BCUT2D eigenvalue weighted by atomic mass is 32.2. The fourth-order valence-corrected chi connectivity index (χ4v) is 3.26. The van der Waals surface area contributed by atoms with Crippen molar-refractivity contribution in [1.29, 1.82) is 0 Å². The molecule has 18 heavy (non-hydrogen) atoms. The summed E-state index contributed by atoms with van der Waals surface area (Å²) in [5, 5.41) is 1.80. The Kier molecular flexibility index (Phi) is 3.54. The van der Waals surface area contributed by atoms with Crippen molar-refractivity contribution in [2.24, 2.45) is 0 Å². The van der Waals surface area contributed by atoms with E-state index in [0.717, 1.165) is 23.5 Å². The van der Waals surface area contributed by atoms with Gasteiger partial charge < -0.3 is 5.73 Å². The molecule has 0 radical (unpaired) electrons. The Morgan fingerprint density at radius 1 is 1.33 bits per heavy atom. The summed E-state index contributed by atoms with van der Waals surface area (Å²) in [5.41, 5.74) is 5.57. The van der Waals surface area contributed by atoms with Gasteiger partial charge in [-0.3, -0.25) is 0 Å². The molecule has 1 aromatic heterocycles. The van der Waals surface area contributed by atoms with E-state index in [1.807, 2.05) is 0 Å².